The van der Waals surface area contributed by atoms with Crippen LogP contribution in [-0.4, -0.2) is 32.0 Å². The van der Waals surface area contributed by atoms with Gasteiger partial charge in [0.25, 0.3) is 0 Å². The molecule has 1 heterocycles. The minimum Gasteiger partial charge on any atom is -0.406 e. The average molecular weight is 274 g/mol. The quantitative estimate of drug-likeness (QED) is 0.913. The standard InChI is InChI=1S/C13H17F3N2O/c1-2-17-10-6-7-18(9-10)11-4-3-5-12(8-11)19-13(14,15)16/h3-5,8,10,17H,2,6-7,9H2,1H3. The molecule has 0 spiro atoms. The van der Waals surface area contributed by atoms with Gasteiger partial charge in [-0.2, -0.15) is 0 Å². The van der Waals surface area contributed by atoms with Crippen molar-refractivity contribution in [2.75, 3.05) is 24.5 Å². The van der Waals surface area contributed by atoms with Crippen LogP contribution in [0.4, 0.5) is 18.9 Å². The Morgan fingerprint density at radius 3 is 2.89 bits per heavy atom. The van der Waals surface area contributed by atoms with Gasteiger partial charge in [-0.3, -0.25) is 0 Å². The van der Waals surface area contributed by atoms with E-state index in [4.69, 9.17) is 0 Å². The summed E-state index contributed by atoms with van der Waals surface area (Å²) in [4.78, 5) is 2.07. The molecular formula is C13H17F3N2O. The number of nitrogens with one attached hydrogen (secondary N) is 1. The number of hydrogen-bond donors (Lipinski definition) is 1. The third-order valence-corrected chi connectivity index (χ3v) is 3.10. The number of halogens is 3. The highest BCUT2D eigenvalue weighted by molar-refractivity contribution is 5.51. The van der Waals surface area contributed by atoms with Crippen LogP contribution in [-0.2, 0) is 0 Å². The molecule has 0 saturated carbocycles. The summed E-state index contributed by atoms with van der Waals surface area (Å²) in [6.07, 6.45) is -3.64. The SMILES string of the molecule is CCNC1CCN(c2cccc(OC(F)(F)F)c2)C1. The van der Waals surface area contributed by atoms with E-state index in [0.717, 1.165) is 31.7 Å². The summed E-state index contributed by atoms with van der Waals surface area (Å²) < 4.78 is 40.4. The zero-order chi connectivity index (χ0) is 13.9. The Morgan fingerprint density at radius 1 is 1.42 bits per heavy atom. The fourth-order valence-electron chi connectivity index (χ4n) is 2.33. The normalized spacial score (nSPS) is 19.8. The molecule has 1 aromatic carbocycles. The molecule has 0 bridgehead atoms. The zero-order valence-electron chi connectivity index (χ0n) is 10.7. The molecule has 1 aliphatic rings. The molecule has 0 aromatic heterocycles. The van der Waals surface area contributed by atoms with Crippen LogP contribution in [0.3, 0.4) is 0 Å². The first kappa shape index (κ1) is 14.0. The van der Waals surface area contributed by atoms with Gasteiger partial charge in [0.2, 0.25) is 0 Å². The second-order valence-corrected chi connectivity index (χ2v) is 4.53. The van der Waals surface area contributed by atoms with Gasteiger partial charge in [0.15, 0.2) is 0 Å². The van der Waals surface area contributed by atoms with Crippen molar-refractivity contribution in [1.29, 1.82) is 0 Å². The van der Waals surface area contributed by atoms with E-state index in [1.54, 1.807) is 12.1 Å². The van der Waals surface area contributed by atoms with Gasteiger partial charge in [0.05, 0.1) is 0 Å². The minimum atomic E-state index is -4.64. The van der Waals surface area contributed by atoms with Crippen LogP contribution in [0.5, 0.6) is 5.75 Å². The van der Waals surface area contributed by atoms with Gasteiger partial charge in [-0.05, 0) is 25.1 Å². The Bertz CT molecular complexity index is 423. The molecule has 0 radical (unpaired) electrons. The monoisotopic (exact) mass is 274 g/mol. The Hall–Kier alpha value is -1.43. The Labute approximate surface area is 110 Å². The van der Waals surface area contributed by atoms with E-state index in [0.29, 0.717) is 6.04 Å². The van der Waals surface area contributed by atoms with Crippen LogP contribution in [0.2, 0.25) is 0 Å². The van der Waals surface area contributed by atoms with E-state index in [2.05, 4.69) is 15.0 Å². The Kier molecular flexibility index (Phi) is 4.19. The molecule has 1 aromatic rings. The molecule has 6 heteroatoms. The maximum absolute atomic E-state index is 12.2. The number of rotatable bonds is 4. The smallest absolute Gasteiger partial charge is 0.406 e. The second-order valence-electron chi connectivity index (χ2n) is 4.53. The van der Waals surface area contributed by atoms with Crippen molar-refractivity contribution in [3.05, 3.63) is 24.3 Å². The predicted octanol–water partition coefficient (Wildman–Crippen LogP) is 2.77. The lowest BCUT2D eigenvalue weighted by atomic mass is 10.2. The molecule has 2 rings (SSSR count). The van der Waals surface area contributed by atoms with Gasteiger partial charge < -0.3 is 15.0 Å². The largest absolute Gasteiger partial charge is 0.573 e. The van der Waals surface area contributed by atoms with Crippen LogP contribution in [0.25, 0.3) is 0 Å². The van der Waals surface area contributed by atoms with Crippen molar-refractivity contribution >= 4 is 5.69 Å². The van der Waals surface area contributed by atoms with Crippen molar-refractivity contribution in [3.8, 4) is 5.75 Å². The van der Waals surface area contributed by atoms with E-state index in [-0.39, 0.29) is 5.75 Å². The van der Waals surface area contributed by atoms with E-state index >= 15 is 0 Å². The molecule has 1 N–H and O–H groups in total. The molecule has 1 aliphatic heterocycles. The van der Waals surface area contributed by atoms with Crippen LogP contribution in [0, 0.1) is 0 Å². The highest BCUT2D eigenvalue weighted by Crippen LogP contribution is 2.28. The van der Waals surface area contributed by atoms with Gasteiger partial charge in [0, 0.05) is 30.9 Å². The van der Waals surface area contributed by atoms with Crippen LogP contribution >= 0.6 is 0 Å². The first-order valence-electron chi connectivity index (χ1n) is 6.32. The Balaban J connectivity index is 2.03. The molecule has 3 nitrogen and oxygen atoms in total. The van der Waals surface area contributed by atoms with Crippen molar-refractivity contribution in [2.24, 2.45) is 0 Å². The van der Waals surface area contributed by atoms with Crippen LogP contribution in [0.1, 0.15) is 13.3 Å². The lowest BCUT2D eigenvalue weighted by Gasteiger charge is -2.20. The predicted molar refractivity (Wildman–Crippen MR) is 67.4 cm³/mol. The summed E-state index contributed by atoms with van der Waals surface area (Å²) in [6, 6.07) is 6.53. The van der Waals surface area contributed by atoms with E-state index in [9.17, 15) is 13.2 Å². The summed E-state index contributed by atoms with van der Waals surface area (Å²) >= 11 is 0. The van der Waals surface area contributed by atoms with Crippen LogP contribution < -0.4 is 15.0 Å². The van der Waals surface area contributed by atoms with Gasteiger partial charge in [-0.25, -0.2) is 0 Å². The topological polar surface area (TPSA) is 24.5 Å². The van der Waals surface area contributed by atoms with Crippen LogP contribution in [0.15, 0.2) is 24.3 Å². The number of likely N-dealkylation sites (N-methyl/N-ethyl adjacent to an activating group) is 1. The third-order valence-electron chi connectivity index (χ3n) is 3.10. The molecule has 106 valence electrons. The molecule has 1 unspecified atom stereocenters. The summed E-state index contributed by atoms with van der Waals surface area (Å²) in [5.41, 5.74) is 0.766. The van der Waals surface area contributed by atoms with Gasteiger partial charge in [0.1, 0.15) is 5.75 Å². The maximum atomic E-state index is 12.2. The third kappa shape index (κ3) is 4.02. The number of ether oxygens (including phenoxy) is 1. The number of benzene rings is 1. The van der Waals surface area contributed by atoms with Crippen molar-refractivity contribution in [3.63, 3.8) is 0 Å². The molecular weight excluding hydrogens is 257 g/mol. The minimum absolute atomic E-state index is 0.170. The molecule has 1 saturated heterocycles. The van der Waals surface area contributed by atoms with E-state index in [1.807, 2.05) is 6.92 Å². The fourth-order valence-corrected chi connectivity index (χ4v) is 2.33. The highest BCUT2D eigenvalue weighted by atomic mass is 19.4. The lowest BCUT2D eigenvalue weighted by molar-refractivity contribution is -0.274. The first-order valence-corrected chi connectivity index (χ1v) is 6.32. The zero-order valence-corrected chi connectivity index (χ0v) is 10.7. The summed E-state index contributed by atoms with van der Waals surface area (Å²) in [6.45, 7) is 4.59. The summed E-state index contributed by atoms with van der Waals surface area (Å²) in [5.74, 6) is -0.170. The number of nitrogens with zero attached hydrogens (tertiary/aromatic N) is 1. The number of alkyl halides is 3. The fraction of sp³-hybridized carbons (Fsp3) is 0.538. The lowest BCUT2D eigenvalue weighted by Crippen LogP contribution is -2.32. The van der Waals surface area contributed by atoms with E-state index in [1.165, 1.54) is 12.1 Å². The maximum Gasteiger partial charge on any atom is 0.573 e. The average Bonchev–Trinajstić information content (AvgIpc) is 2.76. The summed E-state index contributed by atoms with van der Waals surface area (Å²) in [7, 11) is 0. The Morgan fingerprint density at radius 2 is 2.21 bits per heavy atom. The second kappa shape index (κ2) is 5.69. The van der Waals surface area contributed by atoms with Gasteiger partial charge in [-0.1, -0.05) is 13.0 Å². The number of anilines is 1. The van der Waals surface area contributed by atoms with Crippen molar-refractivity contribution < 1.29 is 17.9 Å². The molecule has 0 aliphatic carbocycles. The summed E-state index contributed by atoms with van der Waals surface area (Å²) in [5, 5.41) is 3.34. The molecule has 0 amide bonds. The molecule has 1 fully saturated rings. The van der Waals surface area contributed by atoms with Gasteiger partial charge >= 0.3 is 6.36 Å². The van der Waals surface area contributed by atoms with Crippen molar-refractivity contribution in [2.45, 2.75) is 25.7 Å². The highest BCUT2D eigenvalue weighted by Gasteiger charge is 2.31. The number of hydrogen-bond acceptors (Lipinski definition) is 3. The molecule has 1 atom stereocenters. The van der Waals surface area contributed by atoms with Crippen molar-refractivity contribution in [1.82, 2.24) is 5.32 Å². The van der Waals surface area contributed by atoms with E-state index < -0.39 is 6.36 Å². The molecule has 19 heavy (non-hydrogen) atoms. The first-order chi connectivity index (χ1) is 8.98. The van der Waals surface area contributed by atoms with Gasteiger partial charge in [-0.15, -0.1) is 13.2 Å².